The van der Waals surface area contributed by atoms with Gasteiger partial charge in [0.15, 0.2) is 0 Å². The number of hydrogen-bond donors (Lipinski definition) is 2. The Balaban J connectivity index is 0.00000256. The van der Waals surface area contributed by atoms with E-state index in [0.717, 1.165) is 6.42 Å². The van der Waals surface area contributed by atoms with Crippen LogP contribution in [0.15, 0.2) is 0 Å². The highest BCUT2D eigenvalue weighted by Gasteiger charge is 2.35. The highest BCUT2D eigenvalue weighted by molar-refractivity contribution is 5.85. The predicted octanol–water partition coefficient (Wildman–Crippen LogP) is 1.47. The van der Waals surface area contributed by atoms with Gasteiger partial charge in [-0.15, -0.1) is 12.4 Å². The molecule has 1 amide bonds. The van der Waals surface area contributed by atoms with Crippen molar-refractivity contribution in [2.24, 2.45) is 11.1 Å². The standard InChI is InChI=1S/C12H24N2O2.ClH/c1-12(2)6-4-5-10(12)14-11(15)7-9(8-13)16-3;/h9-10H,4-8,13H2,1-3H3,(H,14,15);1H. The third-order valence-electron chi connectivity index (χ3n) is 3.60. The Hall–Kier alpha value is -0.320. The molecule has 102 valence electrons. The van der Waals surface area contributed by atoms with Crippen molar-refractivity contribution in [2.45, 2.75) is 51.7 Å². The van der Waals surface area contributed by atoms with E-state index in [9.17, 15) is 4.79 Å². The lowest BCUT2D eigenvalue weighted by Gasteiger charge is -2.28. The summed E-state index contributed by atoms with van der Waals surface area (Å²) < 4.78 is 5.10. The molecule has 17 heavy (non-hydrogen) atoms. The Morgan fingerprint density at radius 2 is 2.24 bits per heavy atom. The molecule has 0 aromatic carbocycles. The number of methoxy groups -OCH3 is 1. The van der Waals surface area contributed by atoms with Crippen LogP contribution in [0.25, 0.3) is 0 Å². The van der Waals surface area contributed by atoms with Crippen molar-refractivity contribution in [1.82, 2.24) is 5.32 Å². The zero-order valence-electron chi connectivity index (χ0n) is 11.0. The molecule has 5 heteroatoms. The van der Waals surface area contributed by atoms with Gasteiger partial charge in [0, 0.05) is 19.7 Å². The number of ether oxygens (including phenoxy) is 1. The van der Waals surface area contributed by atoms with Gasteiger partial charge in [0.1, 0.15) is 0 Å². The van der Waals surface area contributed by atoms with Crippen LogP contribution in [0.4, 0.5) is 0 Å². The van der Waals surface area contributed by atoms with Crippen LogP contribution in [0.1, 0.15) is 39.5 Å². The summed E-state index contributed by atoms with van der Waals surface area (Å²) in [7, 11) is 1.59. The van der Waals surface area contributed by atoms with Crippen molar-refractivity contribution >= 4 is 18.3 Å². The van der Waals surface area contributed by atoms with E-state index in [1.165, 1.54) is 12.8 Å². The quantitative estimate of drug-likeness (QED) is 0.790. The van der Waals surface area contributed by atoms with E-state index in [2.05, 4.69) is 19.2 Å². The van der Waals surface area contributed by atoms with Crippen molar-refractivity contribution < 1.29 is 9.53 Å². The molecule has 2 atom stereocenters. The second-order valence-corrected chi connectivity index (χ2v) is 5.30. The summed E-state index contributed by atoms with van der Waals surface area (Å²) in [6.07, 6.45) is 3.66. The van der Waals surface area contributed by atoms with Crippen LogP contribution < -0.4 is 11.1 Å². The third-order valence-corrected chi connectivity index (χ3v) is 3.60. The molecule has 0 aromatic rings. The first-order valence-corrected chi connectivity index (χ1v) is 6.02. The minimum absolute atomic E-state index is 0. The normalized spacial score (nSPS) is 23.9. The second-order valence-electron chi connectivity index (χ2n) is 5.30. The number of nitrogens with one attached hydrogen (secondary N) is 1. The SMILES string of the molecule is COC(CN)CC(=O)NC1CCCC1(C)C.Cl. The number of hydrogen-bond acceptors (Lipinski definition) is 3. The summed E-state index contributed by atoms with van der Waals surface area (Å²) in [5.41, 5.74) is 5.71. The minimum atomic E-state index is -0.162. The van der Waals surface area contributed by atoms with Gasteiger partial charge >= 0.3 is 0 Å². The van der Waals surface area contributed by atoms with E-state index in [1.807, 2.05) is 0 Å². The first-order chi connectivity index (χ1) is 7.49. The monoisotopic (exact) mass is 264 g/mol. The maximum Gasteiger partial charge on any atom is 0.222 e. The van der Waals surface area contributed by atoms with Gasteiger partial charge in [0.05, 0.1) is 12.5 Å². The van der Waals surface area contributed by atoms with Gasteiger partial charge in [-0.05, 0) is 18.3 Å². The Bertz CT molecular complexity index is 243. The molecule has 0 bridgehead atoms. The van der Waals surface area contributed by atoms with Crippen LogP contribution in [0.3, 0.4) is 0 Å². The Morgan fingerprint density at radius 1 is 1.59 bits per heavy atom. The molecule has 0 heterocycles. The van der Waals surface area contributed by atoms with Gasteiger partial charge in [-0.1, -0.05) is 20.3 Å². The van der Waals surface area contributed by atoms with E-state index >= 15 is 0 Å². The molecule has 3 N–H and O–H groups in total. The van der Waals surface area contributed by atoms with E-state index in [1.54, 1.807) is 7.11 Å². The number of rotatable bonds is 5. The smallest absolute Gasteiger partial charge is 0.222 e. The predicted molar refractivity (Wildman–Crippen MR) is 71.3 cm³/mol. The summed E-state index contributed by atoms with van der Waals surface area (Å²) in [5, 5.41) is 3.09. The summed E-state index contributed by atoms with van der Waals surface area (Å²) in [4.78, 5) is 11.8. The fourth-order valence-corrected chi connectivity index (χ4v) is 2.32. The van der Waals surface area contributed by atoms with Gasteiger partial charge < -0.3 is 15.8 Å². The lowest BCUT2D eigenvalue weighted by molar-refractivity contribution is -0.124. The molecule has 1 saturated carbocycles. The molecule has 1 rings (SSSR count). The van der Waals surface area contributed by atoms with E-state index in [4.69, 9.17) is 10.5 Å². The fourth-order valence-electron chi connectivity index (χ4n) is 2.32. The first-order valence-electron chi connectivity index (χ1n) is 6.02. The molecule has 1 fully saturated rings. The minimum Gasteiger partial charge on any atom is -0.380 e. The van der Waals surface area contributed by atoms with E-state index in [-0.39, 0.29) is 29.8 Å². The number of nitrogens with two attached hydrogens (primary N) is 1. The molecular weight excluding hydrogens is 240 g/mol. The van der Waals surface area contributed by atoms with E-state index < -0.39 is 0 Å². The molecule has 1 aliphatic rings. The summed E-state index contributed by atoms with van der Waals surface area (Å²) in [6, 6.07) is 0.301. The third kappa shape index (κ3) is 4.82. The lowest BCUT2D eigenvalue weighted by atomic mass is 9.87. The van der Waals surface area contributed by atoms with Gasteiger partial charge in [0.25, 0.3) is 0 Å². The summed E-state index contributed by atoms with van der Waals surface area (Å²) >= 11 is 0. The fraction of sp³-hybridized carbons (Fsp3) is 0.917. The maximum atomic E-state index is 11.8. The van der Waals surface area contributed by atoms with Crippen molar-refractivity contribution in [3.63, 3.8) is 0 Å². The van der Waals surface area contributed by atoms with Gasteiger partial charge in [-0.25, -0.2) is 0 Å². The molecule has 0 radical (unpaired) electrons. The zero-order chi connectivity index (χ0) is 12.2. The second kappa shape index (κ2) is 7.19. The average Bonchev–Trinajstić information content (AvgIpc) is 2.55. The summed E-state index contributed by atoms with van der Waals surface area (Å²) in [5.74, 6) is 0.0530. The number of carbonyl (C=O) groups excluding carboxylic acids is 1. The van der Waals surface area contributed by atoms with Crippen LogP contribution in [0, 0.1) is 5.41 Å². The first kappa shape index (κ1) is 16.7. The van der Waals surface area contributed by atoms with Gasteiger partial charge in [-0.3, -0.25) is 4.79 Å². The van der Waals surface area contributed by atoms with Crippen LogP contribution in [0.5, 0.6) is 0 Å². The number of halogens is 1. The van der Waals surface area contributed by atoms with Crippen LogP contribution in [-0.2, 0) is 9.53 Å². The molecule has 0 aromatic heterocycles. The number of amides is 1. The Kier molecular flexibility index (Phi) is 7.05. The Morgan fingerprint density at radius 3 is 2.65 bits per heavy atom. The Labute approximate surface area is 110 Å². The molecule has 1 aliphatic carbocycles. The van der Waals surface area contributed by atoms with Crippen LogP contribution in [-0.4, -0.2) is 31.7 Å². The van der Waals surface area contributed by atoms with Crippen molar-refractivity contribution in [2.75, 3.05) is 13.7 Å². The highest BCUT2D eigenvalue weighted by atomic mass is 35.5. The van der Waals surface area contributed by atoms with Gasteiger partial charge in [0.2, 0.25) is 5.91 Å². The maximum absolute atomic E-state index is 11.8. The van der Waals surface area contributed by atoms with Crippen LogP contribution in [0.2, 0.25) is 0 Å². The summed E-state index contributed by atoms with van der Waals surface area (Å²) in [6.45, 7) is 4.81. The van der Waals surface area contributed by atoms with Crippen LogP contribution >= 0.6 is 12.4 Å². The van der Waals surface area contributed by atoms with E-state index in [0.29, 0.717) is 19.0 Å². The highest BCUT2D eigenvalue weighted by Crippen LogP contribution is 2.37. The van der Waals surface area contributed by atoms with Crippen molar-refractivity contribution in [1.29, 1.82) is 0 Å². The van der Waals surface area contributed by atoms with Crippen molar-refractivity contribution in [3.05, 3.63) is 0 Å². The molecule has 0 saturated heterocycles. The molecule has 0 spiro atoms. The lowest BCUT2D eigenvalue weighted by Crippen LogP contribution is -2.43. The molecule has 4 nitrogen and oxygen atoms in total. The van der Waals surface area contributed by atoms with Gasteiger partial charge in [-0.2, -0.15) is 0 Å². The topological polar surface area (TPSA) is 64.3 Å². The molecular formula is C12H25ClN2O2. The van der Waals surface area contributed by atoms with Crippen molar-refractivity contribution in [3.8, 4) is 0 Å². The average molecular weight is 265 g/mol. The molecule has 2 unspecified atom stereocenters. The zero-order valence-corrected chi connectivity index (χ0v) is 11.8. The molecule has 0 aliphatic heterocycles. The largest absolute Gasteiger partial charge is 0.380 e. The number of carbonyl (C=O) groups is 1.